The van der Waals surface area contributed by atoms with Crippen molar-refractivity contribution in [1.29, 1.82) is 0 Å². The second kappa shape index (κ2) is 6.95. The molecule has 1 aliphatic carbocycles. The van der Waals surface area contributed by atoms with E-state index in [0.717, 1.165) is 24.1 Å². The summed E-state index contributed by atoms with van der Waals surface area (Å²) >= 11 is 0. The minimum atomic E-state index is 0.357. The Morgan fingerprint density at radius 3 is 2.58 bits per heavy atom. The molecule has 2 heteroatoms. The Labute approximate surface area is 117 Å². The van der Waals surface area contributed by atoms with Gasteiger partial charge in [-0.15, -0.1) is 0 Å². The molecule has 1 aromatic carbocycles. The molecule has 0 spiro atoms. The highest BCUT2D eigenvalue weighted by molar-refractivity contribution is 5.35. The Hall–Kier alpha value is -1.02. The average molecular weight is 261 g/mol. The Morgan fingerprint density at radius 1 is 1.21 bits per heavy atom. The van der Waals surface area contributed by atoms with E-state index in [1.807, 2.05) is 12.1 Å². The molecule has 1 saturated carbocycles. The lowest BCUT2D eigenvalue weighted by atomic mass is 9.83. The molecule has 0 bridgehead atoms. The molecular formula is C17H27NO. The normalized spacial score (nSPS) is 25.0. The summed E-state index contributed by atoms with van der Waals surface area (Å²) in [6.07, 6.45) is 5.56. The molecule has 0 aromatic heterocycles. The SMILES string of the molecule is COc1ccccc1[C@H](C)NCC1CCC(C)CC1. The Kier molecular flexibility index (Phi) is 5.26. The summed E-state index contributed by atoms with van der Waals surface area (Å²) in [5, 5.41) is 3.68. The van der Waals surface area contributed by atoms with Crippen LogP contribution in [-0.2, 0) is 0 Å². The molecule has 1 N–H and O–H groups in total. The second-order valence-corrected chi connectivity index (χ2v) is 6.00. The maximum Gasteiger partial charge on any atom is 0.123 e. The molecule has 2 rings (SSSR count). The zero-order chi connectivity index (χ0) is 13.7. The van der Waals surface area contributed by atoms with Crippen LogP contribution in [0.3, 0.4) is 0 Å². The fourth-order valence-electron chi connectivity index (χ4n) is 3.01. The molecule has 1 aromatic rings. The van der Waals surface area contributed by atoms with E-state index in [2.05, 4.69) is 31.3 Å². The van der Waals surface area contributed by atoms with Gasteiger partial charge in [0.1, 0.15) is 5.75 Å². The van der Waals surface area contributed by atoms with Crippen LogP contribution in [-0.4, -0.2) is 13.7 Å². The molecule has 106 valence electrons. The van der Waals surface area contributed by atoms with E-state index in [1.54, 1.807) is 7.11 Å². The molecule has 1 fully saturated rings. The molecule has 19 heavy (non-hydrogen) atoms. The van der Waals surface area contributed by atoms with Crippen LogP contribution >= 0.6 is 0 Å². The number of methoxy groups -OCH3 is 1. The van der Waals surface area contributed by atoms with Crippen LogP contribution in [0.1, 0.15) is 51.1 Å². The minimum Gasteiger partial charge on any atom is -0.496 e. The number of benzene rings is 1. The third-order valence-corrected chi connectivity index (χ3v) is 4.45. The van der Waals surface area contributed by atoms with Crippen LogP contribution in [0.15, 0.2) is 24.3 Å². The number of rotatable bonds is 5. The van der Waals surface area contributed by atoms with Crippen LogP contribution in [0.25, 0.3) is 0 Å². The molecule has 0 radical (unpaired) electrons. The summed E-state index contributed by atoms with van der Waals surface area (Å²) in [6.45, 7) is 5.73. The fraction of sp³-hybridized carbons (Fsp3) is 0.647. The third kappa shape index (κ3) is 3.97. The standard InChI is InChI=1S/C17H27NO/c1-13-8-10-15(11-9-13)12-18-14(2)16-6-4-5-7-17(16)19-3/h4-7,13-15,18H,8-12H2,1-3H3/t13?,14-,15?/m0/s1. The van der Waals surface area contributed by atoms with Gasteiger partial charge in [0.2, 0.25) is 0 Å². The second-order valence-electron chi connectivity index (χ2n) is 6.00. The van der Waals surface area contributed by atoms with E-state index in [4.69, 9.17) is 4.74 Å². The average Bonchev–Trinajstić information content (AvgIpc) is 2.46. The van der Waals surface area contributed by atoms with Gasteiger partial charge in [-0.2, -0.15) is 0 Å². The molecule has 2 nitrogen and oxygen atoms in total. The van der Waals surface area contributed by atoms with Gasteiger partial charge in [0.25, 0.3) is 0 Å². The van der Waals surface area contributed by atoms with E-state index in [1.165, 1.54) is 31.2 Å². The van der Waals surface area contributed by atoms with Crippen molar-refractivity contribution in [3.63, 3.8) is 0 Å². The monoisotopic (exact) mass is 261 g/mol. The summed E-state index contributed by atoms with van der Waals surface area (Å²) in [6, 6.07) is 8.65. The maximum atomic E-state index is 5.43. The van der Waals surface area contributed by atoms with Crippen LogP contribution in [0, 0.1) is 11.8 Å². The zero-order valence-electron chi connectivity index (χ0n) is 12.5. The number of hydrogen-bond acceptors (Lipinski definition) is 2. The van der Waals surface area contributed by atoms with E-state index < -0.39 is 0 Å². The van der Waals surface area contributed by atoms with Crippen molar-refractivity contribution in [2.24, 2.45) is 11.8 Å². The maximum absolute atomic E-state index is 5.43. The van der Waals surface area contributed by atoms with Crippen molar-refractivity contribution in [2.75, 3.05) is 13.7 Å². The molecule has 0 saturated heterocycles. The number of nitrogens with one attached hydrogen (secondary N) is 1. The van der Waals surface area contributed by atoms with E-state index in [-0.39, 0.29) is 0 Å². The van der Waals surface area contributed by atoms with Crippen LogP contribution in [0.5, 0.6) is 5.75 Å². The summed E-state index contributed by atoms with van der Waals surface area (Å²) in [5.41, 5.74) is 1.26. The van der Waals surface area contributed by atoms with Gasteiger partial charge in [-0.25, -0.2) is 0 Å². The first kappa shape index (κ1) is 14.4. The van der Waals surface area contributed by atoms with Crippen molar-refractivity contribution >= 4 is 0 Å². The summed E-state index contributed by atoms with van der Waals surface area (Å²) in [4.78, 5) is 0. The highest BCUT2D eigenvalue weighted by Gasteiger charge is 2.19. The number of ether oxygens (including phenoxy) is 1. The first-order chi connectivity index (χ1) is 9.20. The van der Waals surface area contributed by atoms with Crippen LogP contribution in [0.2, 0.25) is 0 Å². The highest BCUT2D eigenvalue weighted by atomic mass is 16.5. The van der Waals surface area contributed by atoms with Crippen molar-refractivity contribution in [1.82, 2.24) is 5.32 Å². The Morgan fingerprint density at radius 2 is 1.89 bits per heavy atom. The predicted molar refractivity (Wildman–Crippen MR) is 80.5 cm³/mol. The third-order valence-electron chi connectivity index (χ3n) is 4.45. The molecule has 0 aliphatic heterocycles. The van der Waals surface area contributed by atoms with Gasteiger partial charge in [0.15, 0.2) is 0 Å². The van der Waals surface area contributed by atoms with Gasteiger partial charge in [0.05, 0.1) is 7.11 Å². The zero-order valence-corrected chi connectivity index (χ0v) is 12.5. The summed E-state index contributed by atoms with van der Waals surface area (Å²) < 4.78 is 5.43. The summed E-state index contributed by atoms with van der Waals surface area (Å²) in [5.74, 6) is 2.77. The summed E-state index contributed by atoms with van der Waals surface area (Å²) in [7, 11) is 1.74. The quantitative estimate of drug-likeness (QED) is 0.859. The first-order valence-electron chi connectivity index (χ1n) is 7.57. The van der Waals surface area contributed by atoms with Crippen LogP contribution in [0.4, 0.5) is 0 Å². The van der Waals surface area contributed by atoms with Gasteiger partial charge in [0, 0.05) is 11.6 Å². The largest absolute Gasteiger partial charge is 0.496 e. The Balaban J connectivity index is 1.85. The number of para-hydroxylation sites is 1. The van der Waals surface area contributed by atoms with Gasteiger partial charge in [-0.1, -0.05) is 38.0 Å². The minimum absolute atomic E-state index is 0.357. The van der Waals surface area contributed by atoms with Crippen molar-refractivity contribution in [2.45, 2.75) is 45.6 Å². The lowest BCUT2D eigenvalue weighted by molar-refractivity contribution is 0.275. The predicted octanol–water partition coefficient (Wildman–Crippen LogP) is 4.17. The van der Waals surface area contributed by atoms with E-state index >= 15 is 0 Å². The molecule has 1 aliphatic rings. The molecular weight excluding hydrogens is 234 g/mol. The van der Waals surface area contributed by atoms with Crippen molar-refractivity contribution in [3.8, 4) is 5.75 Å². The van der Waals surface area contributed by atoms with Crippen molar-refractivity contribution < 1.29 is 4.74 Å². The van der Waals surface area contributed by atoms with E-state index in [0.29, 0.717) is 6.04 Å². The topological polar surface area (TPSA) is 21.3 Å². The number of hydrogen-bond donors (Lipinski definition) is 1. The van der Waals surface area contributed by atoms with Gasteiger partial charge in [-0.3, -0.25) is 0 Å². The van der Waals surface area contributed by atoms with Gasteiger partial charge >= 0.3 is 0 Å². The molecule has 0 heterocycles. The van der Waals surface area contributed by atoms with Crippen molar-refractivity contribution in [3.05, 3.63) is 29.8 Å². The van der Waals surface area contributed by atoms with E-state index in [9.17, 15) is 0 Å². The fourth-order valence-corrected chi connectivity index (χ4v) is 3.01. The highest BCUT2D eigenvalue weighted by Crippen LogP contribution is 2.29. The van der Waals surface area contributed by atoms with Crippen LogP contribution < -0.4 is 10.1 Å². The molecule has 0 amide bonds. The molecule has 0 unspecified atom stereocenters. The Bertz CT molecular complexity index is 383. The molecule has 1 atom stereocenters. The smallest absolute Gasteiger partial charge is 0.123 e. The lowest BCUT2D eigenvalue weighted by Gasteiger charge is -2.28. The van der Waals surface area contributed by atoms with Gasteiger partial charge in [-0.05, 0) is 44.2 Å². The lowest BCUT2D eigenvalue weighted by Crippen LogP contribution is -2.28. The first-order valence-corrected chi connectivity index (χ1v) is 7.57. The van der Waals surface area contributed by atoms with Gasteiger partial charge < -0.3 is 10.1 Å².